The largest absolute Gasteiger partial charge is 0.459 e. The first-order valence-electron chi connectivity index (χ1n) is 8.50. The monoisotopic (exact) mass is 355 g/mol. The molecule has 0 radical (unpaired) electrons. The van der Waals surface area contributed by atoms with Crippen molar-refractivity contribution in [3.8, 4) is 0 Å². The third-order valence-electron chi connectivity index (χ3n) is 4.04. The van der Waals surface area contributed by atoms with E-state index in [4.69, 9.17) is 4.42 Å². The zero-order chi connectivity index (χ0) is 18.5. The predicted octanol–water partition coefficient (Wildman–Crippen LogP) is 1.95. The maximum absolute atomic E-state index is 12.4. The summed E-state index contributed by atoms with van der Waals surface area (Å²) in [6.07, 6.45) is 3.16. The standard InChI is InChI=1S/C19H21N3O4/c1-13-4-2-5-14(10-13)21-17(23)11-20-18(24)12-22(15-7-8-15)19(25)16-6-3-9-26-16/h2-6,9-10,15H,7-8,11-12H2,1H3,(H,20,24)(H,21,23). The predicted molar refractivity (Wildman–Crippen MR) is 95.6 cm³/mol. The van der Waals surface area contributed by atoms with Crippen LogP contribution in [0.15, 0.2) is 47.1 Å². The molecule has 1 aromatic heterocycles. The second-order valence-corrected chi connectivity index (χ2v) is 6.34. The lowest BCUT2D eigenvalue weighted by atomic mass is 10.2. The van der Waals surface area contributed by atoms with Crippen LogP contribution in [-0.4, -0.2) is 41.8 Å². The van der Waals surface area contributed by atoms with Gasteiger partial charge in [-0.15, -0.1) is 0 Å². The minimum absolute atomic E-state index is 0.0551. The zero-order valence-corrected chi connectivity index (χ0v) is 14.5. The average Bonchev–Trinajstić information content (AvgIpc) is 3.30. The first-order chi connectivity index (χ1) is 12.5. The van der Waals surface area contributed by atoms with Gasteiger partial charge in [0.25, 0.3) is 5.91 Å². The number of aryl methyl sites for hydroxylation is 1. The van der Waals surface area contributed by atoms with Gasteiger partial charge in [0.05, 0.1) is 12.8 Å². The SMILES string of the molecule is Cc1cccc(NC(=O)CNC(=O)CN(C(=O)c2ccco2)C2CC2)c1. The van der Waals surface area contributed by atoms with Gasteiger partial charge in [-0.1, -0.05) is 12.1 Å². The summed E-state index contributed by atoms with van der Waals surface area (Å²) in [7, 11) is 0. The highest BCUT2D eigenvalue weighted by molar-refractivity contribution is 5.97. The molecule has 0 spiro atoms. The van der Waals surface area contributed by atoms with Gasteiger partial charge in [0, 0.05) is 11.7 Å². The van der Waals surface area contributed by atoms with Gasteiger partial charge in [0.1, 0.15) is 6.54 Å². The number of carbonyl (C=O) groups is 3. The van der Waals surface area contributed by atoms with E-state index in [1.54, 1.807) is 18.2 Å². The first kappa shape index (κ1) is 17.7. The fourth-order valence-electron chi connectivity index (χ4n) is 2.61. The summed E-state index contributed by atoms with van der Waals surface area (Å²) >= 11 is 0. The van der Waals surface area contributed by atoms with Gasteiger partial charge in [-0.3, -0.25) is 14.4 Å². The van der Waals surface area contributed by atoms with Crippen LogP contribution in [-0.2, 0) is 9.59 Å². The normalized spacial score (nSPS) is 13.1. The Morgan fingerprint density at radius 3 is 2.62 bits per heavy atom. The summed E-state index contributed by atoms with van der Waals surface area (Å²) in [4.78, 5) is 38.0. The summed E-state index contributed by atoms with van der Waals surface area (Å²) in [5, 5.41) is 5.28. The molecule has 7 nitrogen and oxygen atoms in total. The van der Waals surface area contributed by atoms with Gasteiger partial charge in [0.2, 0.25) is 11.8 Å². The Bertz CT molecular complexity index is 797. The summed E-state index contributed by atoms with van der Waals surface area (Å²) in [5.74, 6) is -0.797. The van der Waals surface area contributed by atoms with Crippen molar-refractivity contribution in [2.75, 3.05) is 18.4 Å². The van der Waals surface area contributed by atoms with Crippen molar-refractivity contribution in [2.45, 2.75) is 25.8 Å². The molecular formula is C19H21N3O4. The molecule has 3 amide bonds. The van der Waals surface area contributed by atoms with Gasteiger partial charge < -0.3 is 20.0 Å². The molecule has 1 aliphatic rings. The molecule has 7 heteroatoms. The number of benzene rings is 1. The van der Waals surface area contributed by atoms with Gasteiger partial charge in [0.15, 0.2) is 5.76 Å². The molecule has 1 saturated carbocycles. The average molecular weight is 355 g/mol. The van der Waals surface area contributed by atoms with Crippen LogP contribution in [0.1, 0.15) is 29.0 Å². The van der Waals surface area contributed by atoms with Crippen LogP contribution in [0.5, 0.6) is 0 Å². The van der Waals surface area contributed by atoms with Crippen LogP contribution in [0.2, 0.25) is 0 Å². The molecule has 2 aromatic rings. The Morgan fingerprint density at radius 1 is 1.15 bits per heavy atom. The maximum Gasteiger partial charge on any atom is 0.290 e. The minimum atomic E-state index is -0.379. The number of furan rings is 1. The molecule has 1 aromatic carbocycles. The van der Waals surface area contributed by atoms with E-state index in [2.05, 4.69) is 10.6 Å². The smallest absolute Gasteiger partial charge is 0.290 e. The van der Waals surface area contributed by atoms with E-state index in [-0.39, 0.29) is 42.6 Å². The molecule has 3 rings (SSSR count). The van der Waals surface area contributed by atoms with E-state index in [0.717, 1.165) is 18.4 Å². The number of amides is 3. The molecule has 0 unspecified atom stereocenters. The number of anilines is 1. The summed E-state index contributed by atoms with van der Waals surface area (Å²) in [6, 6.07) is 10.7. The van der Waals surface area contributed by atoms with Crippen LogP contribution < -0.4 is 10.6 Å². The number of rotatable bonds is 7. The Kier molecular flexibility index (Phi) is 5.36. The highest BCUT2D eigenvalue weighted by Gasteiger charge is 2.35. The van der Waals surface area contributed by atoms with Crippen LogP contribution in [0.4, 0.5) is 5.69 Å². The lowest BCUT2D eigenvalue weighted by Crippen LogP contribution is -2.43. The number of nitrogens with one attached hydrogen (secondary N) is 2. The van der Waals surface area contributed by atoms with Crippen LogP contribution in [0.3, 0.4) is 0 Å². The van der Waals surface area contributed by atoms with Crippen molar-refractivity contribution in [2.24, 2.45) is 0 Å². The van der Waals surface area contributed by atoms with Crippen molar-refractivity contribution in [1.29, 1.82) is 0 Å². The van der Waals surface area contributed by atoms with Crippen LogP contribution >= 0.6 is 0 Å². The molecule has 26 heavy (non-hydrogen) atoms. The van der Waals surface area contributed by atoms with Crippen molar-refractivity contribution in [3.05, 3.63) is 54.0 Å². The van der Waals surface area contributed by atoms with Crippen molar-refractivity contribution in [3.63, 3.8) is 0 Å². The Balaban J connectivity index is 1.49. The summed E-state index contributed by atoms with van der Waals surface area (Å²) < 4.78 is 5.12. The van der Waals surface area contributed by atoms with Crippen molar-refractivity contribution < 1.29 is 18.8 Å². The highest BCUT2D eigenvalue weighted by atomic mass is 16.3. The van der Waals surface area contributed by atoms with Gasteiger partial charge in [-0.05, 0) is 49.6 Å². The van der Waals surface area contributed by atoms with E-state index < -0.39 is 0 Å². The Hall–Kier alpha value is -3.09. The minimum Gasteiger partial charge on any atom is -0.459 e. The molecule has 0 atom stereocenters. The first-order valence-corrected chi connectivity index (χ1v) is 8.50. The fourth-order valence-corrected chi connectivity index (χ4v) is 2.61. The lowest BCUT2D eigenvalue weighted by molar-refractivity contribution is -0.124. The number of nitrogens with zero attached hydrogens (tertiary/aromatic N) is 1. The van der Waals surface area contributed by atoms with Gasteiger partial charge >= 0.3 is 0 Å². The molecule has 1 heterocycles. The fraction of sp³-hybridized carbons (Fsp3) is 0.316. The summed E-state index contributed by atoms with van der Waals surface area (Å²) in [6.45, 7) is 1.68. The van der Waals surface area contributed by atoms with E-state index in [0.29, 0.717) is 5.69 Å². The third kappa shape index (κ3) is 4.72. The molecule has 0 saturated heterocycles. The summed E-state index contributed by atoms with van der Waals surface area (Å²) in [5.41, 5.74) is 1.71. The number of hydrogen-bond donors (Lipinski definition) is 2. The third-order valence-corrected chi connectivity index (χ3v) is 4.04. The molecule has 136 valence electrons. The quantitative estimate of drug-likeness (QED) is 0.794. The van der Waals surface area contributed by atoms with Crippen molar-refractivity contribution >= 4 is 23.4 Å². The van der Waals surface area contributed by atoms with Crippen molar-refractivity contribution in [1.82, 2.24) is 10.2 Å². The van der Waals surface area contributed by atoms with Crippen LogP contribution in [0, 0.1) is 6.92 Å². The molecule has 0 bridgehead atoms. The second kappa shape index (κ2) is 7.86. The van der Waals surface area contributed by atoms with E-state index in [1.165, 1.54) is 11.2 Å². The van der Waals surface area contributed by atoms with Gasteiger partial charge in [-0.25, -0.2) is 0 Å². The number of hydrogen-bond acceptors (Lipinski definition) is 4. The maximum atomic E-state index is 12.4. The lowest BCUT2D eigenvalue weighted by Gasteiger charge is -2.20. The molecule has 2 N–H and O–H groups in total. The molecule has 1 aliphatic carbocycles. The van der Waals surface area contributed by atoms with E-state index >= 15 is 0 Å². The Morgan fingerprint density at radius 2 is 1.96 bits per heavy atom. The highest BCUT2D eigenvalue weighted by Crippen LogP contribution is 2.28. The number of carbonyl (C=O) groups excluding carboxylic acids is 3. The molecule has 1 fully saturated rings. The Labute approximate surface area is 151 Å². The second-order valence-electron chi connectivity index (χ2n) is 6.34. The zero-order valence-electron chi connectivity index (χ0n) is 14.5. The van der Waals surface area contributed by atoms with Crippen LogP contribution in [0.25, 0.3) is 0 Å². The molecular weight excluding hydrogens is 334 g/mol. The van der Waals surface area contributed by atoms with Gasteiger partial charge in [-0.2, -0.15) is 0 Å². The molecule has 0 aliphatic heterocycles. The van der Waals surface area contributed by atoms with E-state index in [9.17, 15) is 14.4 Å². The van der Waals surface area contributed by atoms with E-state index in [1.807, 2.05) is 25.1 Å². The topological polar surface area (TPSA) is 91.7 Å².